The largest absolute Gasteiger partial charge is 0.453 e. The van der Waals surface area contributed by atoms with Crippen LogP contribution in [0.5, 0.6) is 11.5 Å². The van der Waals surface area contributed by atoms with Crippen LogP contribution in [0.1, 0.15) is 30.2 Å². The van der Waals surface area contributed by atoms with E-state index in [4.69, 9.17) is 4.74 Å². The molecule has 12 heteroatoms. The maximum atomic E-state index is 15.1. The molecule has 0 fully saturated rings. The number of nitrogens with one attached hydrogen (secondary N) is 2. The molecule has 5 aromatic rings. The van der Waals surface area contributed by atoms with Crippen molar-refractivity contribution in [2.45, 2.75) is 30.1 Å². The molecule has 0 amide bonds. The predicted molar refractivity (Wildman–Crippen MR) is 150 cm³/mol. The highest BCUT2D eigenvalue weighted by molar-refractivity contribution is 7.91. The molecule has 0 saturated heterocycles. The first-order valence-electron chi connectivity index (χ1n) is 12.8. The summed E-state index contributed by atoms with van der Waals surface area (Å²) in [5, 5.41) is 10.3. The number of imidazole rings is 1. The molecule has 0 radical (unpaired) electrons. The number of nitrogens with zero attached hydrogens (tertiary/aromatic N) is 1. The molecule has 3 N–H and O–H groups in total. The van der Waals surface area contributed by atoms with Crippen molar-refractivity contribution in [3.63, 3.8) is 0 Å². The third-order valence-electron chi connectivity index (χ3n) is 7.19. The fraction of sp³-hybridized carbons (Fsp3) is 0.200. The second kappa shape index (κ2) is 11.1. The van der Waals surface area contributed by atoms with Crippen molar-refractivity contribution in [3.05, 3.63) is 95.2 Å². The van der Waals surface area contributed by atoms with E-state index in [2.05, 4.69) is 15.0 Å². The Morgan fingerprint density at radius 2 is 1.88 bits per heavy atom. The molecule has 0 spiro atoms. The minimum atomic E-state index is -4.10. The van der Waals surface area contributed by atoms with Crippen LogP contribution in [0.2, 0.25) is 0 Å². The lowest BCUT2D eigenvalue weighted by Crippen LogP contribution is -2.28. The summed E-state index contributed by atoms with van der Waals surface area (Å²) in [6.07, 6.45) is 5.29. The van der Waals surface area contributed by atoms with Crippen LogP contribution in [-0.2, 0) is 26.5 Å². The van der Waals surface area contributed by atoms with Gasteiger partial charge in [-0.2, -0.15) is 4.39 Å². The number of carbonyl (C=O) groups is 1. The molecule has 0 saturated carbocycles. The van der Waals surface area contributed by atoms with Crippen molar-refractivity contribution in [2.75, 3.05) is 12.9 Å². The van der Waals surface area contributed by atoms with Gasteiger partial charge in [-0.15, -0.1) is 0 Å². The van der Waals surface area contributed by atoms with Crippen molar-refractivity contribution in [1.82, 2.24) is 15.0 Å². The zero-order chi connectivity index (χ0) is 30.2. The summed E-state index contributed by atoms with van der Waals surface area (Å²) < 4.78 is 75.6. The summed E-state index contributed by atoms with van der Waals surface area (Å²) in [5.74, 6) is -4.54. The third-order valence-corrected chi connectivity index (χ3v) is 8.34. The minimum absolute atomic E-state index is 0.0563. The second-order valence-electron chi connectivity index (χ2n) is 10.1. The van der Waals surface area contributed by atoms with Crippen molar-refractivity contribution >= 4 is 27.0 Å². The molecular formula is C30H26F3N3O5S. The quantitative estimate of drug-likeness (QED) is 0.142. The molecule has 218 valence electrons. The fourth-order valence-electron chi connectivity index (χ4n) is 4.86. The number of aldehydes is 1. The number of aliphatic hydroxyl groups excluding tert-OH is 1. The smallest absolute Gasteiger partial charge is 0.204 e. The summed E-state index contributed by atoms with van der Waals surface area (Å²) in [6.45, 7) is 1.46. The Hall–Kier alpha value is -4.42. The predicted octanol–water partition coefficient (Wildman–Crippen LogP) is 5.60. The van der Waals surface area contributed by atoms with E-state index in [-0.39, 0.29) is 34.6 Å². The zero-order valence-electron chi connectivity index (χ0n) is 22.5. The normalized spacial score (nSPS) is 13.3. The Morgan fingerprint density at radius 1 is 1.10 bits per heavy atom. The number of H-pyrrole nitrogens is 2. The second-order valence-corrected chi connectivity index (χ2v) is 12.1. The Labute approximate surface area is 239 Å². The van der Waals surface area contributed by atoms with Crippen LogP contribution < -0.4 is 4.74 Å². The number of hydrogen-bond acceptors (Lipinski definition) is 6. The Balaban J connectivity index is 1.54. The molecule has 1 unspecified atom stereocenters. The Bertz CT molecular complexity index is 1920. The van der Waals surface area contributed by atoms with Crippen LogP contribution in [-0.4, -0.2) is 47.6 Å². The summed E-state index contributed by atoms with van der Waals surface area (Å²) in [7, 11) is -4.10. The van der Waals surface area contributed by atoms with Gasteiger partial charge >= 0.3 is 0 Å². The van der Waals surface area contributed by atoms with E-state index in [0.717, 1.165) is 35.8 Å². The van der Waals surface area contributed by atoms with Gasteiger partial charge in [0.05, 0.1) is 23.1 Å². The zero-order valence-corrected chi connectivity index (χ0v) is 23.4. The number of hydrogen-bond donors (Lipinski definition) is 3. The topological polar surface area (TPSA) is 125 Å². The first-order valence-corrected chi connectivity index (χ1v) is 14.7. The van der Waals surface area contributed by atoms with Gasteiger partial charge < -0.3 is 24.6 Å². The average molecular weight is 598 g/mol. The number of aliphatic hydroxyl groups is 1. The number of aromatic nitrogens is 3. The first-order chi connectivity index (χ1) is 20.0. The van der Waals surface area contributed by atoms with Crippen LogP contribution >= 0.6 is 0 Å². The van der Waals surface area contributed by atoms with E-state index < -0.39 is 43.3 Å². The summed E-state index contributed by atoms with van der Waals surface area (Å²) in [6, 6.07) is 12.0. The van der Waals surface area contributed by atoms with E-state index in [9.17, 15) is 22.7 Å². The molecule has 5 rings (SSSR count). The van der Waals surface area contributed by atoms with Gasteiger partial charge in [0, 0.05) is 36.2 Å². The number of rotatable bonds is 10. The maximum absolute atomic E-state index is 15.1. The number of ether oxygens (including phenoxy) is 1. The summed E-state index contributed by atoms with van der Waals surface area (Å²) >= 11 is 0. The molecule has 1 atom stereocenters. The highest BCUT2D eigenvalue weighted by Crippen LogP contribution is 2.40. The van der Waals surface area contributed by atoms with Crippen LogP contribution in [0.25, 0.3) is 22.3 Å². The molecule has 0 aliphatic carbocycles. The fourth-order valence-corrected chi connectivity index (χ4v) is 5.90. The Morgan fingerprint density at radius 3 is 2.60 bits per heavy atom. The maximum Gasteiger partial charge on any atom is 0.204 e. The van der Waals surface area contributed by atoms with Crippen molar-refractivity contribution in [1.29, 1.82) is 0 Å². The van der Waals surface area contributed by atoms with Gasteiger partial charge in [0.25, 0.3) is 0 Å². The highest BCUT2D eigenvalue weighted by atomic mass is 32.2. The Kier molecular flexibility index (Phi) is 7.69. The summed E-state index contributed by atoms with van der Waals surface area (Å²) in [5.41, 5.74) is 0.720. The van der Waals surface area contributed by atoms with Crippen LogP contribution in [0, 0.1) is 17.5 Å². The number of carbonyl (C=O) groups excluding carboxylic acids is 1. The number of aryl methyl sites for hydroxylation is 1. The number of fused-ring (bicyclic) bond motifs is 1. The lowest BCUT2D eigenvalue weighted by molar-refractivity contribution is -0.107. The van der Waals surface area contributed by atoms with Crippen LogP contribution in [0.3, 0.4) is 0 Å². The average Bonchev–Trinajstić information content (AvgIpc) is 3.65. The number of aromatic amines is 2. The monoisotopic (exact) mass is 597 g/mol. The third kappa shape index (κ3) is 5.19. The van der Waals surface area contributed by atoms with Gasteiger partial charge in [0.2, 0.25) is 5.82 Å². The van der Waals surface area contributed by atoms with Crippen molar-refractivity contribution in [3.8, 4) is 22.9 Å². The van der Waals surface area contributed by atoms with Gasteiger partial charge in [0.1, 0.15) is 28.6 Å². The van der Waals surface area contributed by atoms with E-state index in [1.54, 1.807) is 6.92 Å². The number of halogens is 3. The van der Waals surface area contributed by atoms with Gasteiger partial charge in [-0.25, -0.2) is 22.2 Å². The molecule has 0 bridgehead atoms. The molecule has 2 heterocycles. The van der Waals surface area contributed by atoms with Crippen LogP contribution in [0.4, 0.5) is 13.2 Å². The lowest BCUT2D eigenvalue weighted by Gasteiger charge is -2.27. The van der Waals surface area contributed by atoms with E-state index in [1.165, 1.54) is 24.5 Å². The van der Waals surface area contributed by atoms with Gasteiger partial charge in [-0.3, -0.25) is 0 Å². The van der Waals surface area contributed by atoms with Crippen LogP contribution in [0.15, 0.2) is 65.8 Å². The molecule has 2 aromatic heterocycles. The highest BCUT2D eigenvalue weighted by Gasteiger charge is 2.32. The standard InChI is InChI=1S/C30H26F3N3O5S/c1-30(16-38,18-7-3-5-17(13-18)6-4-12-37)23-15-35-29(36-23)21-14-19(8-9-22(21)31)41-27-25(33)24(32)26-20(10-11-34-26)28(27)42(2,39)40/h3,5,7-15,34,38H,4,6,16H2,1-2H3,(H,35,36). The van der Waals surface area contributed by atoms with E-state index in [1.807, 2.05) is 24.3 Å². The van der Waals surface area contributed by atoms with Gasteiger partial charge in [-0.1, -0.05) is 24.3 Å². The summed E-state index contributed by atoms with van der Waals surface area (Å²) in [4.78, 5) is 20.1. The lowest BCUT2D eigenvalue weighted by atomic mass is 9.80. The SMILES string of the molecule is CC(CO)(c1cccc(CCC=O)c1)c1cnc(-c2cc(Oc3c(F)c(F)c4[nH]ccc4c3S(C)(=O)=O)ccc2F)[nH]1. The van der Waals surface area contributed by atoms with Crippen molar-refractivity contribution < 1.29 is 36.2 Å². The molecule has 0 aliphatic rings. The molecule has 3 aromatic carbocycles. The minimum Gasteiger partial charge on any atom is -0.453 e. The van der Waals surface area contributed by atoms with Gasteiger partial charge in [-0.05, 0) is 48.7 Å². The van der Waals surface area contributed by atoms with E-state index >= 15 is 8.78 Å². The van der Waals surface area contributed by atoms with E-state index in [0.29, 0.717) is 18.5 Å². The molecule has 0 aliphatic heterocycles. The number of sulfone groups is 1. The van der Waals surface area contributed by atoms with Crippen molar-refractivity contribution in [2.24, 2.45) is 0 Å². The number of benzene rings is 3. The molecule has 8 nitrogen and oxygen atoms in total. The molecular weight excluding hydrogens is 571 g/mol. The molecule has 42 heavy (non-hydrogen) atoms. The van der Waals surface area contributed by atoms with Gasteiger partial charge in [0.15, 0.2) is 21.4 Å². The first kappa shape index (κ1) is 29.1.